The van der Waals surface area contributed by atoms with Crippen molar-refractivity contribution in [3.05, 3.63) is 24.0 Å². The van der Waals surface area contributed by atoms with Crippen LogP contribution in [-0.4, -0.2) is 29.3 Å². The van der Waals surface area contributed by atoms with E-state index in [2.05, 4.69) is 4.98 Å². The predicted molar refractivity (Wildman–Crippen MR) is 56.7 cm³/mol. The normalized spacial score (nSPS) is 18.5. The summed E-state index contributed by atoms with van der Waals surface area (Å²) < 4.78 is 37.4. The zero-order valence-electron chi connectivity index (χ0n) is 9.11. The van der Waals surface area contributed by atoms with Gasteiger partial charge in [-0.25, -0.2) is 0 Å². The fraction of sp³-hybridized carbons (Fsp3) is 0.545. The molecule has 0 spiro atoms. The molecular weight excluding hydrogens is 233 g/mol. The number of aliphatic hydroxyl groups is 1. The highest BCUT2D eigenvalue weighted by Crippen LogP contribution is 2.30. The molecule has 1 aromatic heterocycles. The third kappa shape index (κ3) is 2.88. The fourth-order valence-electron chi connectivity index (χ4n) is 1.90. The van der Waals surface area contributed by atoms with E-state index >= 15 is 0 Å². The van der Waals surface area contributed by atoms with Crippen molar-refractivity contribution in [2.75, 3.05) is 18.0 Å². The summed E-state index contributed by atoms with van der Waals surface area (Å²) in [6, 6.07) is 2.62. The molecule has 1 N–H and O–H groups in total. The molecule has 0 amide bonds. The van der Waals surface area contributed by atoms with E-state index in [0.717, 1.165) is 6.07 Å². The molecule has 0 aromatic carbocycles. The molecule has 1 fully saturated rings. The highest BCUT2D eigenvalue weighted by Gasteiger charge is 2.33. The van der Waals surface area contributed by atoms with Crippen LogP contribution in [0.3, 0.4) is 0 Å². The second kappa shape index (κ2) is 4.52. The summed E-state index contributed by atoms with van der Waals surface area (Å²) in [7, 11) is 0. The lowest BCUT2D eigenvalue weighted by atomic mass is 10.1. The number of hydrogen-bond donors (Lipinski definition) is 1. The Hall–Kier alpha value is -1.30. The minimum Gasteiger partial charge on any atom is -0.393 e. The minimum atomic E-state index is -4.41. The second-order valence-electron chi connectivity index (χ2n) is 4.12. The van der Waals surface area contributed by atoms with E-state index < -0.39 is 11.9 Å². The lowest BCUT2D eigenvalue weighted by molar-refractivity contribution is -0.141. The SMILES string of the molecule is OC1CCN(c2ccnc(C(F)(F)F)c2)CC1. The molecule has 1 aliphatic rings. The molecule has 2 heterocycles. The number of piperidine rings is 1. The summed E-state index contributed by atoms with van der Waals surface area (Å²) in [6.45, 7) is 1.14. The Morgan fingerprint density at radius 2 is 1.94 bits per heavy atom. The van der Waals surface area contributed by atoms with Gasteiger partial charge in [0.05, 0.1) is 6.10 Å². The third-order valence-corrected chi connectivity index (χ3v) is 2.86. The monoisotopic (exact) mass is 246 g/mol. The van der Waals surface area contributed by atoms with Gasteiger partial charge < -0.3 is 10.0 Å². The Labute approximate surface area is 96.9 Å². The van der Waals surface area contributed by atoms with Crippen molar-refractivity contribution in [2.24, 2.45) is 0 Å². The van der Waals surface area contributed by atoms with Crippen LogP contribution >= 0.6 is 0 Å². The highest BCUT2D eigenvalue weighted by molar-refractivity contribution is 5.47. The lowest BCUT2D eigenvalue weighted by Gasteiger charge is -2.31. The van der Waals surface area contributed by atoms with Crippen molar-refractivity contribution in [3.63, 3.8) is 0 Å². The van der Waals surface area contributed by atoms with Crippen molar-refractivity contribution in [3.8, 4) is 0 Å². The topological polar surface area (TPSA) is 36.4 Å². The van der Waals surface area contributed by atoms with Crippen LogP contribution in [0.2, 0.25) is 0 Å². The summed E-state index contributed by atoms with van der Waals surface area (Å²) in [5, 5.41) is 9.34. The van der Waals surface area contributed by atoms with Crippen LogP contribution in [0.25, 0.3) is 0 Å². The van der Waals surface area contributed by atoms with Crippen LogP contribution in [-0.2, 0) is 6.18 Å². The molecule has 3 nitrogen and oxygen atoms in total. The van der Waals surface area contributed by atoms with Crippen LogP contribution in [0.15, 0.2) is 18.3 Å². The first-order valence-corrected chi connectivity index (χ1v) is 5.43. The van der Waals surface area contributed by atoms with Crippen LogP contribution < -0.4 is 4.90 Å². The molecule has 94 valence electrons. The number of aliphatic hydroxyl groups excluding tert-OH is 1. The number of rotatable bonds is 1. The van der Waals surface area contributed by atoms with Crippen molar-refractivity contribution < 1.29 is 18.3 Å². The molecule has 17 heavy (non-hydrogen) atoms. The average Bonchev–Trinajstić information content (AvgIpc) is 2.29. The maximum atomic E-state index is 12.5. The van der Waals surface area contributed by atoms with Crippen molar-refractivity contribution in [1.82, 2.24) is 4.98 Å². The van der Waals surface area contributed by atoms with Crippen LogP contribution in [0, 0.1) is 0 Å². The van der Waals surface area contributed by atoms with Gasteiger partial charge in [0.2, 0.25) is 0 Å². The van der Waals surface area contributed by atoms with Crippen LogP contribution in [0.5, 0.6) is 0 Å². The molecule has 1 saturated heterocycles. The number of alkyl halides is 3. The summed E-state index contributed by atoms with van der Waals surface area (Å²) in [5.74, 6) is 0. The molecule has 0 aliphatic carbocycles. The number of hydrogen-bond acceptors (Lipinski definition) is 3. The Morgan fingerprint density at radius 1 is 1.29 bits per heavy atom. The maximum absolute atomic E-state index is 12.5. The van der Waals surface area contributed by atoms with Gasteiger partial charge in [0.25, 0.3) is 0 Å². The van der Waals surface area contributed by atoms with E-state index in [1.807, 2.05) is 4.90 Å². The number of halogens is 3. The molecule has 1 aliphatic heterocycles. The first kappa shape index (κ1) is 12.2. The van der Waals surface area contributed by atoms with Gasteiger partial charge in [-0.3, -0.25) is 4.98 Å². The van der Waals surface area contributed by atoms with E-state index in [0.29, 0.717) is 31.6 Å². The van der Waals surface area contributed by atoms with E-state index in [-0.39, 0.29) is 6.10 Å². The molecule has 0 radical (unpaired) electrons. The lowest BCUT2D eigenvalue weighted by Crippen LogP contribution is -2.35. The Bertz CT molecular complexity index is 387. The number of aromatic nitrogens is 1. The van der Waals surface area contributed by atoms with Gasteiger partial charge in [0.15, 0.2) is 0 Å². The van der Waals surface area contributed by atoms with Crippen molar-refractivity contribution in [1.29, 1.82) is 0 Å². The van der Waals surface area contributed by atoms with E-state index in [9.17, 15) is 18.3 Å². The van der Waals surface area contributed by atoms with Gasteiger partial charge in [-0.2, -0.15) is 13.2 Å². The van der Waals surface area contributed by atoms with Gasteiger partial charge in [-0.1, -0.05) is 0 Å². The summed E-state index contributed by atoms with van der Waals surface area (Å²) in [6.07, 6.45) is -2.41. The molecule has 0 saturated carbocycles. The van der Waals surface area contributed by atoms with Gasteiger partial charge in [-0.15, -0.1) is 0 Å². The predicted octanol–water partition coefficient (Wildman–Crippen LogP) is 2.06. The van der Waals surface area contributed by atoms with Crippen molar-refractivity contribution >= 4 is 5.69 Å². The van der Waals surface area contributed by atoms with E-state index in [1.54, 1.807) is 6.07 Å². The summed E-state index contributed by atoms with van der Waals surface area (Å²) >= 11 is 0. The highest BCUT2D eigenvalue weighted by atomic mass is 19.4. The first-order valence-electron chi connectivity index (χ1n) is 5.43. The van der Waals surface area contributed by atoms with Gasteiger partial charge in [0.1, 0.15) is 5.69 Å². The molecule has 0 unspecified atom stereocenters. The number of anilines is 1. The Morgan fingerprint density at radius 3 is 2.53 bits per heavy atom. The second-order valence-corrected chi connectivity index (χ2v) is 4.12. The average molecular weight is 246 g/mol. The zero-order chi connectivity index (χ0) is 12.5. The van der Waals surface area contributed by atoms with Gasteiger partial charge in [-0.05, 0) is 25.0 Å². The van der Waals surface area contributed by atoms with Crippen LogP contribution in [0.1, 0.15) is 18.5 Å². The van der Waals surface area contributed by atoms with Gasteiger partial charge >= 0.3 is 6.18 Å². The molecular formula is C11H13F3N2O. The molecule has 2 rings (SSSR count). The van der Waals surface area contributed by atoms with E-state index in [1.165, 1.54) is 6.20 Å². The van der Waals surface area contributed by atoms with Crippen molar-refractivity contribution in [2.45, 2.75) is 25.1 Å². The molecule has 6 heteroatoms. The minimum absolute atomic E-state index is 0.338. The largest absolute Gasteiger partial charge is 0.433 e. The Kier molecular flexibility index (Phi) is 3.24. The Balaban J connectivity index is 2.16. The maximum Gasteiger partial charge on any atom is 0.433 e. The number of nitrogens with zero attached hydrogens (tertiary/aromatic N) is 2. The number of pyridine rings is 1. The first-order chi connectivity index (χ1) is 7.97. The third-order valence-electron chi connectivity index (χ3n) is 2.86. The fourth-order valence-corrected chi connectivity index (χ4v) is 1.90. The van der Waals surface area contributed by atoms with Gasteiger partial charge in [0, 0.05) is 25.0 Å². The van der Waals surface area contributed by atoms with E-state index in [4.69, 9.17) is 0 Å². The smallest absolute Gasteiger partial charge is 0.393 e. The summed E-state index contributed by atoms with van der Waals surface area (Å²) in [4.78, 5) is 5.16. The van der Waals surface area contributed by atoms with Crippen LogP contribution in [0.4, 0.5) is 18.9 Å². The molecule has 0 bridgehead atoms. The summed E-state index contributed by atoms with van der Waals surface area (Å²) in [5.41, 5.74) is -0.361. The zero-order valence-corrected chi connectivity index (χ0v) is 9.11. The molecule has 0 atom stereocenters. The quantitative estimate of drug-likeness (QED) is 0.824. The standard InChI is InChI=1S/C11H13F3N2O/c12-11(13,14)10-7-8(1-4-15-10)16-5-2-9(17)3-6-16/h1,4,7,9,17H,2-3,5-6H2. The molecule has 1 aromatic rings.